The van der Waals surface area contributed by atoms with Crippen LogP contribution in [0.3, 0.4) is 0 Å². The van der Waals surface area contributed by atoms with E-state index >= 15 is 0 Å². The van der Waals surface area contributed by atoms with Gasteiger partial charge in [0.1, 0.15) is 11.5 Å². The lowest BCUT2D eigenvalue weighted by atomic mass is 9.90. The zero-order chi connectivity index (χ0) is 13.1. The molecule has 0 aromatic carbocycles. The van der Waals surface area contributed by atoms with Crippen molar-refractivity contribution >= 4 is 0 Å². The number of nitrogens with zero attached hydrogens (tertiary/aromatic N) is 2. The molecule has 3 heterocycles. The van der Waals surface area contributed by atoms with Gasteiger partial charge in [-0.05, 0) is 68.6 Å². The van der Waals surface area contributed by atoms with Crippen molar-refractivity contribution in [2.24, 2.45) is 0 Å². The van der Waals surface area contributed by atoms with Crippen molar-refractivity contribution in [3.05, 3.63) is 53.7 Å². The predicted octanol–water partition coefficient (Wildman–Crippen LogP) is 3.36. The highest BCUT2D eigenvalue weighted by Crippen LogP contribution is 2.28. The molecule has 0 spiro atoms. The minimum absolute atomic E-state index is 0.692. The van der Waals surface area contributed by atoms with Crippen LogP contribution in [0.1, 0.15) is 35.8 Å². The maximum Gasteiger partial charge on any atom is 0.118 e. The number of hydrogen-bond donors (Lipinski definition) is 0. The van der Waals surface area contributed by atoms with Gasteiger partial charge in [0.15, 0.2) is 0 Å². The van der Waals surface area contributed by atoms with Crippen molar-refractivity contribution in [3.63, 3.8) is 0 Å². The second kappa shape index (κ2) is 5.57. The number of aromatic nitrogens is 1. The number of hydrogen-bond acceptors (Lipinski definition) is 3. The summed E-state index contributed by atoms with van der Waals surface area (Å²) in [6.45, 7) is 5.23. The zero-order valence-electron chi connectivity index (χ0n) is 11.4. The van der Waals surface area contributed by atoms with E-state index in [1.807, 2.05) is 25.4 Å². The molecule has 2 aromatic heterocycles. The summed E-state index contributed by atoms with van der Waals surface area (Å²) >= 11 is 0. The molecule has 0 amide bonds. The van der Waals surface area contributed by atoms with E-state index in [2.05, 4.69) is 28.1 Å². The Labute approximate surface area is 114 Å². The molecule has 0 unspecified atom stereocenters. The molecule has 3 nitrogen and oxygen atoms in total. The molecule has 1 saturated heterocycles. The topological polar surface area (TPSA) is 29.3 Å². The molecule has 19 heavy (non-hydrogen) atoms. The zero-order valence-corrected chi connectivity index (χ0v) is 11.4. The number of furan rings is 1. The lowest BCUT2D eigenvalue weighted by Crippen LogP contribution is -2.32. The molecule has 1 aliphatic heterocycles. The van der Waals surface area contributed by atoms with Gasteiger partial charge < -0.3 is 4.42 Å². The summed E-state index contributed by atoms with van der Waals surface area (Å²) in [6, 6.07) is 8.43. The summed E-state index contributed by atoms with van der Waals surface area (Å²) < 4.78 is 5.65. The fourth-order valence-electron chi connectivity index (χ4n) is 2.85. The molecule has 3 heteroatoms. The standard InChI is InChI=1S/C16H20N2O/c1-13-2-3-16(19-13)12-18-10-6-15(7-11-18)14-4-8-17-9-5-14/h2-5,8-9,15H,6-7,10-12H2,1H3. The molecule has 0 bridgehead atoms. The molecule has 1 aliphatic rings. The van der Waals surface area contributed by atoms with Crippen molar-refractivity contribution < 1.29 is 4.42 Å². The molecule has 0 N–H and O–H groups in total. The largest absolute Gasteiger partial charge is 0.465 e. The van der Waals surface area contributed by atoms with Crippen LogP contribution < -0.4 is 0 Å². The van der Waals surface area contributed by atoms with Gasteiger partial charge in [-0.2, -0.15) is 0 Å². The summed E-state index contributed by atoms with van der Waals surface area (Å²) in [6.07, 6.45) is 6.24. The van der Waals surface area contributed by atoms with Gasteiger partial charge in [0, 0.05) is 12.4 Å². The Bertz CT molecular complexity index is 513. The first-order valence-electron chi connectivity index (χ1n) is 6.99. The van der Waals surface area contributed by atoms with Gasteiger partial charge in [-0.25, -0.2) is 0 Å². The predicted molar refractivity (Wildman–Crippen MR) is 74.9 cm³/mol. The summed E-state index contributed by atoms with van der Waals surface area (Å²) in [4.78, 5) is 6.57. The molecule has 0 aliphatic carbocycles. The lowest BCUT2D eigenvalue weighted by molar-refractivity contribution is 0.190. The van der Waals surface area contributed by atoms with Crippen molar-refractivity contribution in [3.8, 4) is 0 Å². The Balaban J connectivity index is 1.55. The van der Waals surface area contributed by atoms with Gasteiger partial charge in [0.05, 0.1) is 6.54 Å². The smallest absolute Gasteiger partial charge is 0.118 e. The first kappa shape index (κ1) is 12.4. The number of rotatable bonds is 3. The minimum Gasteiger partial charge on any atom is -0.465 e. The summed E-state index contributed by atoms with van der Waals surface area (Å²) in [5.74, 6) is 2.78. The molecule has 0 saturated carbocycles. The fourth-order valence-corrected chi connectivity index (χ4v) is 2.85. The monoisotopic (exact) mass is 256 g/mol. The van der Waals surface area contributed by atoms with E-state index in [9.17, 15) is 0 Å². The van der Waals surface area contributed by atoms with Crippen LogP contribution in [0, 0.1) is 6.92 Å². The van der Waals surface area contributed by atoms with E-state index in [-0.39, 0.29) is 0 Å². The molecular weight excluding hydrogens is 236 g/mol. The summed E-state index contributed by atoms with van der Waals surface area (Å²) in [7, 11) is 0. The Hall–Kier alpha value is -1.61. The van der Waals surface area contributed by atoms with Crippen LogP contribution in [-0.4, -0.2) is 23.0 Å². The van der Waals surface area contributed by atoms with Crippen molar-refractivity contribution in [1.29, 1.82) is 0 Å². The molecule has 0 radical (unpaired) electrons. The van der Waals surface area contributed by atoms with E-state index in [1.54, 1.807) is 0 Å². The van der Waals surface area contributed by atoms with Gasteiger partial charge in [0.25, 0.3) is 0 Å². The Kier molecular flexibility index (Phi) is 3.65. The minimum atomic E-state index is 0.692. The Morgan fingerprint density at radius 1 is 1.16 bits per heavy atom. The molecule has 0 atom stereocenters. The van der Waals surface area contributed by atoms with Crippen LogP contribution >= 0.6 is 0 Å². The van der Waals surface area contributed by atoms with Crippen LogP contribution in [0.2, 0.25) is 0 Å². The van der Waals surface area contributed by atoms with E-state index in [0.717, 1.165) is 31.2 Å². The summed E-state index contributed by atoms with van der Waals surface area (Å²) in [5.41, 5.74) is 1.43. The maximum absolute atomic E-state index is 5.65. The number of piperidine rings is 1. The SMILES string of the molecule is Cc1ccc(CN2CCC(c3ccncc3)CC2)o1. The van der Waals surface area contributed by atoms with Crippen LogP contribution in [0.15, 0.2) is 41.1 Å². The molecule has 1 fully saturated rings. The van der Waals surface area contributed by atoms with Crippen LogP contribution in [0.25, 0.3) is 0 Å². The van der Waals surface area contributed by atoms with Gasteiger partial charge in [-0.3, -0.25) is 9.88 Å². The van der Waals surface area contributed by atoms with Gasteiger partial charge in [0.2, 0.25) is 0 Å². The van der Waals surface area contributed by atoms with E-state index in [1.165, 1.54) is 18.4 Å². The highest BCUT2D eigenvalue weighted by Gasteiger charge is 2.21. The third-order valence-corrected chi connectivity index (χ3v) is 3.94. The molecule has 100 valence electrons. The van der Waals surface area contributed by atoms with E-state index in [0.29, 0.717) is 5.92 Å². The number of likely N-dealkylation sites (tertiary alicyclic amines) is 1. The quantitative estimate of drug-likeness (QED) is 0.843. The van der Waals surface area contributed by atoms with E-state index in [4.69, 9.17) is 4.42 Å². The van der Waals surface area contributed by atoms with Crippen LogP contribution in [0.5, 0.6) is 0 Å². The average molecular weight is 256 g/mol. The molecule has 2 aromatic rings. The summed E-state index contributed by atoms with van der Waals surface area (Å²) in [5, 5.41) is 0. The first-order valence-corrected chi connectivity index (χ1v) is 6.99. The van der Waals surface area contributed by atoms with Gasteiger partial charge in [-0.1, -0.05) is 0 Å². The Morgan fingerprint density at radius 2 is 1.89 bits per heavy atom. The van der Waals surface area contributed by atoms with Crippen LogP contribution in [0.4, 0.5) is 0 Å². The fraction of sp³-hybridized carbons (Fsp3) is 0.438. The third kappa shape index (κ3) is 3.04. The third-order valence-electron chi connectivity index (χ3n) is 3.94. The average Bonchev–Trinajstić information content (AvgIpc) is 2.86. The number of aryl methyl sites for hydroxylation is 1. The Morgan fingerprint density at radius 3 is 2.53 bits per heavy atom. The van der Waals surface area contributed by atoms with Crippen molar-refractivity contribution in [1.82, 2.24) is 9.88 Å². The second-order valence-corrected chi connectivity index (χ2v) is 5.34. The first-order chi connectivity index (χ1) is 9.31. The van der Waals surface area contributed by atoms with Gasteiger partial charge >= 0.3 is 0 Å². The highest BCUT2D eigenvalue weighted by atomic mass is 16.3. The van der Waals surface area contributed by atoms with Crippen LogP contribution in [-0.2, 0) is 6.54 Å². The lowest BCUT2D eigenvalue weighted by Gasteiger charge is -2.31. The van der Waals surface area contributed by atoms with Gasteiger partial charge in [-0.15, -0.1) is 0 Å². The van der Waals surface area contributed by atoms with Crippen molar-refractivity contribution in [2.45, 2.75) is 32.2 Å². The molecule has 3 rings (SSSR count). The highest BCUT2D eigenvalue weighted by molar-refractivity contribution is 5.16. The van der Waals surface area contributed by atoms with Crippen molar-refractivity contribution in [2.75, 3.05) is 13.1 Å². The normalized spacial score (nSPS) is 17.7. The van der Waals surface area contributed by atoms with E-state index < -0.39 is 0 Å². The maximum atomic E-state index is 5.65. The number of pyridine rings is 1. The molecular formula is C16H20N2O. The second-order valence-electron chi connectivity index (χ2n) is 5.34.